The van der Waals surface area contributed by atoms with Crippen LogP contribution in [0.25, 0.3) is 0 Å². The van der Waals surface area contributed by atoms with Crippen LogP contribution in [0.4, 0.5) is 0 Å². The van der Waals surface area contributed by atoms with E-state index >= 15 is 0 Å². The van der Waals surface area contributed by atoms with Crippen LogP contribution < -0.4 is 0 Å². The number of methoxy groups -OCH3 is 1. The maximum Gasteiger partial charge on any atom is 0.358 e. The van der Waals surface area contributed by atoms with Gasteiger partial charge in [0.25, 0.3) is 0 Å². The molecule has 19 heavy (non-hydrogen) atoms. The van der Waals surface area contributed by atoms with Crippen molar-refractivity contribution in [2.24, 2.45) is 0 Å². The molecule has 0 amide bonds. The molecule has 0 aliphatic heterocycles. The summed E-state index contributed by atoms with van der Waals surface area (Å²) in [6.07, 6.45) is 0.424. The van der Waals surface area contributed by atoms with Crippen molar-refractivity contribution >= 4 is 21.9 Å². The van der Waals surface area contributed by atoms with Crippen LogP contribution in [0, 0.1) is 0 Å². The molecule has 2 aromatic rings. The number of rotatable bonds is 6. The molecule has 0 bridgehead atoms. The molecule has 2 rings (SSSR count). The number of carboxylic acids is 1. The summed E-state index contributed by atoms with van der Waals surface area (Å²) in [5, 5.41) is 16.6. The number of halogens is 1. The molecule has 0 aliphatic carbocycles. The Labute approximate surface area is 117 Å². The highest BCUT2D eigenvalue weighted by Crippen LogP contribution is 2.16. The number of furan rings is 1. The van der Waals surface area contributed by atoms with Crippen LogP contribution >= 0.6 is 15.9 Å². The van der Waals surface area contributed by atoms with Gasteiger partial charge in [-0.3, -0.25) is 0 Å². The fourth-order valence-corrected chi connectivity index (χ4v) is 2.00. The fraction of sp³-hybridized carbons (Fsp3) is 0.364. The standard InChI is InChI=1S/C11H12BrN3O4/c1-18-5-4-8-10(11(16)17)13-14-15(8)6-7-2-3-9(12)19-7/h2-3H,4-6H2,1H3,(H,16,17). The Kier molecular flexibility index (Phi) is 4.33. The van der Waals surface area contributed by atoms with Gasteiger partial charge in [-0.05, 0) is 28.1 Å². The summed E-state index contributed by atoms with van der Waals surface area (Å²) in [5.41, 5.74) is 0.463. The third-order valence-electron chi connectivity index (χ3n) is 2.52. The molecular formula is C11H12BrN3O4. The number of hydrogen-bond acceptors (Lipinski definition) is 5. The molecule has 0 spiro atoms. The van der Waals surface area contributed by atoms with Crippen LogP contribution in [0.1, 0.15) is 21.9 Å². The van der Waals surface area contributed by atoms with Crippen LogP contribution in [0.5, 0.6) is 0 Å². The summed E-state index contributed by atoms with van der Waals surface area (Å²) in [7, 11) is 1.55. The Balaban J connectivity index is 2.26. The van der Waals surface area contributed by atoms with Gasteiger partial charge in [0, 0.05) is 13.5 Å². The average molecular weight is 330 g/mol. The molecule has 0 radical (unpaired) electrons. The van der Waals surface area contributed by atoms with E-state index in [0.29, 0.717) is 35.7 Å². The molecular weight excluding hydrogens is 318 g/mol. The second-order valence-electron chi connectivity index (χ2n) is 3.80. The summed E-state index contributed by atoms with van der Waals surface area (Å²) in [6.45, 7) is 0.723. The molecule has 0 aromatic carbocycles. The highest BCUT2D eigenvalue weighted by atomic mass is 79.9. The largest absolute Gasteiger partial charge is 0.476 e. The lowest BCUT2D eigenvalue weighted by Crippen LogP contribution is -2.11. The van der Waals surface area contributed by atoms with Crippen LogP contribution in [0.3, 0.4) is 0 Å². The zero-order valence-corrected chi connectivity index (χ0v) is 11.8. The summed E-state index contributed by atoms with van der Waals surface area (Å²) in [6, 6.07) is 3.55. The maximum absolute atomic E-state index is 11.1. The maximum atomic E-state index is 11.1. The van der Waals surface area contributed by atoms with Gasteiger partial charge in [-0.25, -0.2) is 9.48 Å². The first kappa shape index (κ1) is 13.8. The number of nitrogens with zero attached hydrogens (tertiary/aromatic N) is 3. The van der Waals surface area contributed by atoms with Crippen LogP contribution in [-0.4, -0.2) is 39.8 Å². The van der Waals surface area contributed by atoms with Gasteiger partial charge < -0.3 is 14.3 Å². The lowest BCUT2D eigenvalue weighted by Gasteiger charge is -2.04. The van der Waals surface area contributed by atoms with Crippen molar-refractivity contribution in [3.05, 3.63) is 34.0 Å². The van der Waals surface area contributed by atoms with Gasteiger partial charge in [0.2, 0.25) is 0 Å². The van der Waals surface area contributed by atoms with Gasteiger partial charge in [0.05, 0.1) is 12.3 Å². The van der Waals surface area contributed by atoms with E-state index in [-0.39, 0.29) is 5.69 Å². The van der Waals surface area contributed by atoms with Crippen molar-refractivity contribution in [3.63, 3.8) is 0 Å². The highest BCUT2D eigenvalue weighted by molar-refractivity contribution is 9.10. The Bertz CT molecular complexity index is 578. The Morgan fingerprint density at radius 3 is 2.95 bits per heavy atom. The van der Waals surface area contributed by atoms with Crippen molar-refractivity contribution < 1.29 is 19.1 Å². The molecule has 0 fully saturated rings. The van der Waals surface area contributed by atoms with E-state index in [1.54, 1.807) is 19.2 Å². The normalized spacial score (nSPS) is 10.8. The second-order valence-corrected chi connectivity index (χ2v) is 4.58. The first-order valence-corrected chi connectivity index (χ1v) is 6.30. The summed E-state index contributed by atoms with van der Waals surface area (Å²) >= 11 is 3.21. The van der Waals surface area contributed by atoms with E-state index in [1.807, 2.05) is 0 Å². The molecule has 8 heteroatoms. The van der Waals surface area contributed by atoms with Crippen molar-refractivity contribution in [2.45, 2.75) is 13.0 Å². The average Bonchev–Trinajstić information content (AvgIpc) is 2.94. The number of aromatic nitrogens is 3. The Morgan fingerprint density at radius 2 is 2.37 bits per heavy atom. The second kappa shape index (κ2) is 5.98. The van der Waals surface area contributed by atoms with E-state index < -0.39 is 5.97 Å². The molecule has 102 valence electrons. The van der Waals surface area contributed by atoms with E-state index in [1.165, 1.54) is 4.68 Å². The summed E-state index contributed by atoms with van der Waals surface area (Å²) in [5.74, 6) is -0.439. The zero-order chi connectivity index (χ0) is 13.8. The minimum absolute atomic E-state index is 0.0531. The smallest absolute Gasteiger partial charge is 0.358 e. The number of carboxylic acid groups (broad SMARTS) is 1. The van der Waals surface area contributed by atoms with Gasteiger partial charge in [0.15, 0.2) is 10.4 Å². The van der Waals surface area contributed by atoms with E-state index in [0.717, 1.165) is 0 Å². The summed E-state index contributed by atoms with van der Waals surface area (Å²) < 4.78 is 12.5. The lowest BCUT2D eigenvalue weighted by atomic mass is 10.2. The third-order valence-corrected chi connectivity index (χ3v) is 2.94. The van der Waals surface area contributed by atoms with Crippen molar-refractivity contribution in [2.75, 3.05) is 13.7 Å². The van der Waals surface area contributed by atoms with E-state index in [4.69, 9.17) is 14.3 Å². The lowest BCUT2D eigenvalue weighted by molar-refractivity contribution is 0.0688. The zero-order valence-electron chi connectivity index (χ0n) is 10.2. The van der Waals surface area contributed by atoms with Crippen molar-refractivity contribution in [3.8, 4) is 0 Å². The van der Waals surface area contributed by atoms with Gasteiger partial charge in [0.1, 0.15) is 12.3 Å². The Hall–Kier alpha value is -1.67. The number of carbonyl (C=O) groups is 1. The molecule has 2 aromatic heterocycles. The predicted molar refractivity (Wildman–Crippen MR) is 68.1 cm³/mol. The van der Waals surface area contributed by atoms with Crippen LogP contribution in [-0.2, 0) is 17.7 Å². The van der Waals surface area contributed by atoms with Crippen molar-refractivity contribution in [1.29, 1.82) is 0 Å². The molecule has 0 saturated heterocycles. The quantitative estimate of drug-likeness (QED) is 0.865. The predicted octanol–water partition coefficient (Wildman–Crippen LogP) is 1.57. The third kappa shape index (κ3) is 3.21. The van der Waals surface area contributed by atoms with E-state index in [9.17, 15) is 4.79 Å². The molecule has 0 atom stereocenters. The molecule has 0 aliphatic rings. The molecule has 0 saturated carbocycles. The first-order valence-electron chi connectivity index (χ1n) is 5.50. The van der Waals surface area contributed by atoms with Crippen LogP contribution in [0.15, 0.2) is 21.2 Å². The Morgan fingerprint density at radius 1 is 1.58 bits per heavy atom. The van der Waals surface area contributed by atoms with Crippen LogP contribution in [0.2, 0.25) is 0 Å². The van der Waals surface area contributed by atoms with Gasteiger partial charge in [-0.15, -0.1) is 5.10 Å². The number of ether oxygens (including phenoxy) is 1. The van der Waals surface area contributed by atoms with Crippen molar-refractivity contribution in [1.82, 2.24) is 15.0 Å². The first-order chi connectivity index (χ1) is 9.11. The fourth-order valence-electron chi connectivity index (χ4n) is 1.66. The van der Waals surface area contributed by atoms with Gasteiger partial charge in [-0.2, -0.15) is 0 Å². The molecule has 7 nitrogen and oxygen atoms in total. The van der Waals surface area contributed by atoms with E-state index in [2.05, 4.69) is 26.2 Å². The SMILES string of the molecule is COCCc1c(C(=O)O)nnn1Cc1ccc(Br)o1. The molecule has 1 N–H and O–H groups in total. The minimum Gasteiger partial charge on any atom is -0.476 e. The number of aromatic carboxylic acids is 1. The van der Waals surface area contributed by atoms with Gasteiger partial charge in [-0.1, -0.05) is 5.21 Å². The highest BCUT2D eigenvalue weighted by Gasteiger charge is 2.19. The molecule has 2 heterocycles. The van der Waals surface area contributed by atoms with Gasteiger partial charge >= 0.3 is 5.97 Å². The summed E-state index contributed by atoms with van der Waals surface area (Å²) in [4.78, 5) is 11.1. The monoisotopic (exact) mass is 329 g/mol. The number of hydrogen-bond donors (Lipinski definition) is 1. The topological polar surface area (TPSA) is 90.4 Å². The molecule has 0 unspecified atom stereocenters. The minimum atomic E-state index is -1.10.